The third-order valence-corrected chi connectivity index (χ3v) is 8.29. The quantitative estimate of drug-likeness (QED) is 0.308. The van der Waals surface area contributed by atoms with E-state index < -0.39 is 0 Å². The monoisotopic (exact) mass is 515 g/mol. The molecule has 1 atom stereocenters. The van der Waals surface area contributed by atoms with E-state index >= 15 is 0 Å². The molecule has 2 heterocycles. The molecule has 1 unspecified atom stereocenters. The van der Waals surface area contributed by atoms with E-state index in [1.807, 2.05) is 30.5 Å². The van der Waals surface area contributed by atoms with E-state index in [2.05, 4.69) is 39.5 Å². The van der Waals surface area contributed by atoms with Gasteiger partial charge in [-0.3, -0.25) is 14.7 Å². The van der Waals surface area contributed by atoms with Crippen molar-refractivity contribution in [2.75, 3.05) is 0 Å². The number of amides is 1. The summed E-state index contributed by atoms with van der Waals surface area (Å²) in [5.41, 5.74) is 5.21. The van der Waals surface area contributed by atoms with Gasteiger partial charge in [0.1, 0.15) is 5.82 Å². The van der Waals surface area contributed by atoms with Gasteiger partial charge in [-0.05, 0) is 80.8 Å². The van der Waals surface area contributed by atoms with Crippen molar-refractivity contribution in [1.29, 1.82) is 0 Å². The van der Waals surface area contributed by atoms with Crippen LogP contribution < -0.4 is 5.32 Å². The number of imidazole rings is 1. The molecule has 0 aliphatic heterocycles. The molecule has 2 aromatic heterocycles. The Labute approximate surface area is 224 Å². The standard InChI is InChI=1S/C30H32ClN5O.H2/c31-24-10-2-1-9-23(24)30(37)33-21-14-16-22(17-15-21)36(19-28-34-25-11-3-4-12-26(25)35-28)27-13-5-7-20-8-6-18-32-29(20)27;/h1-4,6,8-12,18,21-22,27H,5,7,13-17,19H2,(H,33,37)(H,34,35);1H. The lowest BCUT2D eigenvalue weighted by molar-refractivity contribution is 0.0696. The molecule has 2 N–H and O–H groups in total. The summed E-state index contributed by atoms with van der Waals surface area (Å²) < 4.78 is 0. The summed E-state index contributed by atoms with van der Waals surface area (Å²) in [6, 6.07) is 20.6. The second kappa shape index (κ2) is 10.6. The van der Waals surface area contributed by atoms with E-state index in [1.165, 1.54) is 17.7 Å². The first-order chi connectivity index (χ1) is 18.2. The largest absolute Gasteiger partial charge is 0.349 e. The highest BCUT2D eigenvalue weighted by molar-refractivity contribution is 6.33. The lowest BCUT2D eigenvalue weighted by Crippen LogP contribution is -2.45. The smallest absolute Gasteiger partial charge is 0.253 e. The number of aryl methyl sites for hydroxylation is 1. The minimum absolute atomic E-state index is 0. The molecule has 2 aliphatic carbocycles. The number of H-pyrrole nitrogens is 1. The van der Waals surface area contributed by atoms with E-state index in [0.29, 0.717) is 16.6 Å². The number of rotatable bonds is 6. The molecule has 0 radical (unpaired) electrons. The van der Waals surface area contributed by atoms with E-state index in [0.717, 1.165) is 61.9 Å². The second-order valence-electron chi connectivity index (χ2n) is 10.3. The summed E-state index contributed by atoms with van der Waals surface area (Å²) in [6.45, 7) is 0.761. The van der Waals surface area contributed by atoms with Crippen molar-refractivity contribution < 1.29 is 6.22 Å². The molecule has 0 saturated heterocycles. The Morgan fingerprint density at radius 2 is 1.84 bits per heavy atom. The topological polar surface area (TPSA) is 73.9 Å². The van der Waals surface area contributed by atoms with Crippen LogP contribution in [0.5, 0.6) is 0 Å². The van der Waals surface area contributed by atoms with Crippen molar-refractivity contribution >= 4 is 28.5 Å². The molecule has 7 heteroatoms. The van der Waals surface area contributed by atoms with Crippen LogP contribution in [0.25, 0.3) is 11.0 Å². The van der Waals surface area contributed by atoms with Crippen molar-refractivity contribution in [3.8, 4) is 0 Å². The molecule has 6 rings (SSSR count). The van der Waals surface area contributed by atoms with Crippen LogP contribution in [0.15, 0.2) is 66.9 Å². The molecule has 0 spiro atoms. The molecule has 37 heavy (non-hydrogen) atoms. The highest BCUT2D eigenvalue weighted by atomic mass is 35.5. The Morgan fingerprint density at radius 3 is 2.68 bits per heavy atom. The Balaban J connectivity index is 0.00000294. The number of carbonyl (C=O) groups is 1. The van der Waals surface area contributed by atoms with Gasteiger partial charge in [-0.15, -0.1) is 0 Å². The molecule has 6 nitrogen and oxygen atoms in total. The Hall–Kier alpha value is -3.22. The maximum Gasteiger partial charge on any atom is 0.253 e. The maximum atomic E-state index is 12.8. The molecular formula is C30H34ClN5O. The fraction of sp³-hybridized carbons (Fsp3) is 0.367. The summed E-state index contributed by atoms with van der Waals surface area (Å²) in [6.07, 6.45) is 9.23. The predicted octanol–water partition coefficient (Wildman–Crippen LogP) is 6.48. The fourth-order valence-corrected chi connectivity index (χ4v) is 6.34. The van der Waals surface area contributed by atoms with Gasteiger partial charge in [0.2, 0.25) is 0 Å². The molecule has 2 aromatic carbocycles. The molecule has 1 fully saturated rings. The maximum absolute atomic E-state index is 12.8. The minimum atomic E-state index is -0.0846. The number of benzene rings is 2. The third-order valence-electron chi connectivity index (χ3n) is 7.96. The van der Waals surface area contributed by atoms with Crippen molar-refractivity contribution in [3.05, 3.63) is 94.5 Å². The van der Waals surface area contributed by atoms with Gasteiger partial charge < -0.3 is 10.3 Å². The number of halogens is 1. The van der Waals surface area contributed by atoms with Gasteiger partial charge in [0.25, 0.3) is 5.91 Å². The van der Waals surface area contributed by atoms with Crippen molar-refractivity contribution in [3.63, 3.8) is 0 Å². The van der Waals surface area contributed by atoms with Gasteiger partial charge in [0, 0.05) is 19.7 Å². The first-order valence-corrected chi connectivity index (χ1v) is 13.7. The first kappa shape index (κ1) is 24.1. The third kappa shape index (κ3) is 5.13. The van der Waals surface area contributed by atoms with Gasteiger partial charge in [0.15, 0.2) is 0 Å². The molecule has 4 aromatic rings. The normalized spacial score (nSPS) is 21.6. The summed E-state index contributed by atoms with van der Waals surface area (Å²) in [7, 11) is 0. The van der Waals surface area contributed by atoms with E-state index in [-0.39, 0.29) is 19.4 Å². The molecule has 1 saturated carbocycles. The van der Waals surface area contributed by atoms with Crippen LogP contribution in [0.4, 0.5) is 0 Å². The van der Waals surface area contributed by atoms with E-state index in [4.69, 9.17) is 21.6 Å². The zero-order chi connectivity index (χ0) is 25.2. The number of aromatic amines is 1. The highest BCUT2D eigenvalue weighted by Crippen LogP contribution is 2.38. The van der Waals surface area contributed by atoms with Gasteiger partial charge >= 0.3 is 0 Å². The van der Waals surface area contributed by atoms with Crippen LogP contribution in [0.1, 0.15) is 73.4 Å². The van der Waals surface area contributed by atoms with Crippen LogP contribution in [-0.2, 0) is 13.0 Å². The Bertz CT molecular complexity index is 1370. The number of aromatic nitrogens is 3. The minimum Gasteiger partial charge on any atom is -0.349 e. The van der Waals surface area contributed by atoms with Gasteiger partial charge in [-0.2, -0.15) is 0 Å². The summed E-state index contributed by atoms with van der Waals surface area (Å²) in [4.78, 5) is 28.8. The lowest BCUT2D eigenvalue weighted by atomic mass is 9.85. The molecule has 192 valence electrons. The zero-order valence-electron chi connectivity index (χ0n) is 20.9. The number of hydrogen-bond acceptors (Lipinski definition) is 4. The van der Waals surface area contributed by atoms with Crippen LogP contribution in [-0.4, -0.2) is 37.8 Å². The average Bonchev–Trinajstić information content (AvgIpc) is 3.35. The van der Waals surface area contributed by atoms with Gasteiger partial charge in [-0.25, -0.2) is 4.98 Å². The first-order valence-electron chi connectivity index (χ1n) is 13.3. The molecule has 2 aliphatic rings. The Kier molecular flexibility index (Phi) is 6.94. The molecule has 0 bridgehead atoms. The van der Waals surface area contributed by atoms with Crippen LogP contribution in [0.3, 0.4) is 0 Å². The van der Waals surface area contributed by atoms with Crippen molar-refractivity contribution in [2.45, 2.75) is 69.6 Å². The van der Waals surface area contributed by atoms with Gasteiger partial charge in [0.05, 0.1) is 39.9 Å². The zero-order valence-corrected chi connectivity index (χ0v) is 21.6. The number of carbonyl (C=O) groups excluding carboxylic acids is 1. The average molecular weight is 516 g/mol. The number of hydrogen-bond donors (Lipinski definition) is 2. The molecule has 1 amide bonds. The van der Waals surface area contributed by atoms with Gasteiger partial charge in [-0.1, -0.05) is 41.9 Å². The van der Waals surface area contributed by atoms with Crippen LogP contribution in [0, 0.1) is 0 Å². The van der Waals surface area contributed by atoms with Crippen molar-refractivity contribution in [1.82, 2.24) is 25.2 Å². The Morgan fingerprint density at radius 1 is 1.03 bits per heavy atom. The number of nitrogens with zero attached hydrogens (tertiary/aromatic N) is 3. The van der Waals surface area contributed by atoms with E-state index in [9.17, 15) is 4.79 Å². The van der Waals surface area contributed by atoms with Crippen LogP contribution in [0.2, 0.25) is 5.02 Å². The number of fused-ring (bicyclic) bond motifs is 2. The number of para-hydroxylation sites is 2. The van der Waals surface area contributed by atoms with Crippen molar-refractivity contribution in [2.24, 2.45) is 0 Å². The number of nitrogens with one attached hydrogen (secondary N) is 2. The van der Waals surface area contributed by atoms with E-state index in [1.54, 1.807) is 12.1 Å². The summed E-state index contributed by atoms with van der Waals surface area (Å²) >= 11 is 6.25. The summed E-state index contributed by atoms with van der Waals surface area (Å²) in [5, 5.41) is 3.72. The summed E-state index contributed by atoms with van der Waals surface area (Å²) in [5.74, 6) is 0.914. The molecular weight excluding hydrogens is 482 g/mol. The predicted molar refractivity (Wildman–Crippen MR) is 149 cm³/mol. The van der Waals surface area contributed by atoms with Crippen LogP contribution >= 0.6 is 11.6 Å². The second-order valence-corrected chi connectivity index (χ2v) is 10.7. The highest BCUT2D eigenvalue weighted by Gasteiger charge is 2.35. The SMILES string of the molecule is O=C(NC1CCC(N(Cc2nc3ccccc3[nH]2)C2CCCc3cccnc32)CC1)c1ccccc1Cl.[HH]. The lowest BCUT2D eigenvalue weighted by Gasteiger charge is -2.42. The number of pyridine rings is 1. The fourth-order valence-electron chi connectivity index (χ4n) is 6.12.